The number of hydrogen-bond acceptors (Lipinski definition) is 7. The Morgan fingerprint density at radius 3 is 2.59 bits per heavy atom. The van der Waals surface area contributed by atoms with Crippen LogP contribution in [0.3, 0.4) is 0 Å². The number of amides is 2. The second kappa shape index (κ2) is 8.37. The van der Waals surface area contributed by atoms with Gasteiger partial charge in [0.1, 0.15) is 0 Å². The highest BCUT2D eigenvalue weighted by Crippen LogP contribution is 2.25. The zero-order chi connectivity index (χ0) is 19.2. The van der Waals surface area contributed by atoms with Gasteiger partial charge < -0.3 is 11.1 Å². The molecule has 8 nitrogen and oxygen atoms in total. The fraction of sp³-hybridized carbons (Fsp3) is 0.167. The van der Waals surface area contributed by atoms with Gasteiger partial charge in [0.15, 0.2) is 16.6 Å². The molecular weight excluding hydrogens is 364 g/mol. The Labute approximate surface area is 159 Å². The Hall–Kier alpha value is -3.33. The third-order valence-electron chi connectivity index (χ3n) is 3.70. The van der Waals surface area contributed by atoms with Crippen molar-refractivity contribution >= 4 is 34.1 Å². The number of benzene rings is 1. The Kier molecular flexibility index (Phi) is 5.72. The number of rotatable bonds is 6. The molecule has 3 rings (SSSR count). The summed E-state index contributed by atoms with van der Waals surface area (Å²) in [6, 6.07) is 7.92. The maximum Gasteiger partial charge on any atom is 0.279 e. The van der Waals surface area contributed by atoms with Crippen molar-refractivity contribution in [2.45, 2.75) is 13.3 Å². The predicted molar refractivity (Wildman–Crippen MR) is 104 cm³/mol. The van der Waals surface area contributed by atoms with Crippen LogP contribution in [0.15, 0.2) is 42.0 Å². The molecule has 2 heterocycles. The zero-order valence-electron chi connectivity index (χ0n) is 14.6. The summed E-state index contributed by atoms with van der Waals surface area (Å²) in [6.45, 7) is 2.10. The van der Waals surface area contributed by atoms with E-state index in [-0.39, 0.29) is 17.4 Å². The van der Waals surface area contributed by atoms with E-state index in [1.54, 1.807) is 0 Å². The van der Waals surface area contributed by atoms with Crippen LogP contribution < -0.4 is 16.4 Å². The fourth-order valence-corrected chi connectivity index (χ4v) is 3.08. The third-order valence-corrected chi connectivity index (χ3v) is 4.46. The van der Waals surface area contributed by atoms with E-state index in [4.69, 9.17) is 5.73 Å². The lowest BCUT2D eigenvalue weighted by molar-refractivity contribution is -0.118. The highest BCUT2D eigenvalue weighted by molar-refractivity contribution is 7.14. The van der Waals surface area contributed by atoms with Crippen molar-refractivity contribution in [2.75, 3.05) is 17.6 Å². The Morgan fingerprint density at radius 1 is 1.15 bits per heavy atom. The molecule has 0 saturated carbocycles. The SMILES string of the molecule is CC(=O)NCCc1ccc(-c2csc(NC(=O)c3nccnc3N)n2)cc1. The number of hydrogen-bond donors (Lipinski definition) is 3. The highest BCUT2D eigenvalue weighted by atomic mass is 32.1. The van der Waals surface area contributed by atoms with Gasteiger partial charge in [0.2, 0.25) is 5.91 Å². The van der Waals surface area contributed by atoms with Gasteiger partial charge in [0.05, 0.1) is 5.69 Å². The van der Waals surface area contributed by atoms with Gasteiger partial charge in [-0.25, -0.2) is 15.0 Å². The molecule has 138 valence electrons. The van der Waals surface area contributed by atoms with Crippen LogP contribution in [0, 0.1) is 0 Å². The smallest absolute Gasteiger partial charge is 0.279 e. The van der Waals surface area contributed by atoms with Crippen molar-refractivity contribution in [3.8, 4) is 11.3 Å². The van der Waals surface area contributed by atoms with E-state index in [9.17, 15) is 9.59 Å². The number of carbonyl (C=O) groups excluding carboxylic acids is 2. The number of thiazole rings is 1. The monoisotopic (exact) mass is 382 g/mol. The molecule has 2 aromatic heterocycles. The molecule has 0 bridgehead atoms. The number of nitrogens with two attached hydrogens (primary N) is 1. The lowest BCUT2D eigenvalue weighted by Crippen LogP contribution is -2.22. The largest absolute Gasteiger partial charge is 0.382 e. The molecule has 1 aromatic carbocycles. The third kappa shape index (κ3) is 4.85. The molecular formula is C18H18N6O2S. The number of anilines is 2. The van der Waals surface area contributed by atoms with Crippen molar-refractivity contribution in [3.05, 3.63) is 53.3 Å². The molecule has 0 aliphatic carbocycles. The topological polar surface area (TPSA) is 123 Å². The molecule has 0 spiro atoms. The van der Waals surface area contributed by atoms with E-state index in [0.717, 1.165) is 23.2 Å². The quantitative estimate of drug-likeness (QED) is 0.600. The second-order valence-corrected chi connectivity index (χ2v) is 6.57. The summed E-state index contributed by atoms with van der Waals surface area (Å²) in [5, 5.41) is 7.77. The van der Waals surface area contributed by atoms with Crippen LogP contribution in [0.4, 0.5) is 10.9 Å². The molecule has 9 heteroatoms. The van der Waals surface area contributed by atoms with E-state index in [1.807, 2.05) is 29.6 Å². The first-order chi connectivity index (χ1) is 13.0. The molecule has 2 amide bonds. The average Bonchev–Trinajstić information content (AvgIpc) is 3.11. The molecule has 0 radical (unpaired) electrons. The first kappa shape index (κ1) is 18.5. The van der Waals surface area contributed by atoms with Gasteiger partial charge in [0.25, 0.3) is 5.91 Å². The van der Waals surface area contributed by atoms with Crippen LogP contribution >= 0.6 is 11.3 Å². The summed E-state index contributed by atoms with van der Waals surface area (Å²) in [6.07, 6.45) is 3.59. The number of nitrogen functional groups attached to an aromatic ring is 1. The first-order valence-corrected chi connectivity index (χ1v) is 9.08. The molecule has 0 saturated heterocycles. The van der Waals surface area contributed by atoms with E-state index in [0.29, 0.717) is 11.7 Å². The molecule has 3 aromatic rings. The molecule has 0 atom stereocenters. The second-order valence-electron chi connectivity index (χ2n) is 5.71. The van der Waals surface area contributed by atoms with Crippen molar-refractivity contribution in [2.24, 2.45) is 0 Å². The van der Waals surface area contributed by atoms with Crippen molar-refractivity contribution in [1.29, 1.82) is 0 Å². The minimum atomic E-state index is -0.449. The zero-order valence-corrected chi connectivity index (χ0v) is 15.4. The predicted octanol–water partition coefficient (Wildman–Crippen LogP) is 2.11. The van der Waals surface area contributed by atoms with Gasteiger partial charge in [-0.3, -0.25) is 14.9 Å². The summed E-state index contributed by atoms with van der Waals surface area (Å²) in [4.78, 5) is 35.3. The van der Waals surface area contributed by atoms with Gasteiger partial charge >= 0.3 is 0 Å². The van der Waals surface area contributed by atoms with Gasteiger partial charge in [-0.1, -0.05) is 24.3 Å². The molecule has 0 fully saturated rings. The van der Waals surface area contributed by atoms with Crippen LogP contribution in [-0.2, 0) is 11.2 Å². The first-order valence-electron chi connectivity index (χ1n) is 8.20. The Morgan fingerprint density at radius 2 is 1.89 bits per heavy atom. The summed E-state index contributed by atoms with van der Waals surface area (Å²) < 4.78 is 0. The lowest BCUT2D eigenvalue weighted by atomic mass is 10.1. The number of aromatic nitrogens is 3. The fourth-order valence-electron chi connectivity index (χ4n) is 2.37. The van der Waals surface area contributed by atoms with Crippen molar-refractivity contribution in [1.82, 2.24) is 20.3 Å². The van der Waals surface area contributed by atoms with Crippen LogP contribution in [-0.4, -0.2) is 33.3 Å². The molecule has 27 heavy (non-hydrogen) atoms. The van der Waals surface area contributed by atoms with Gasteiger partial charge in [0, 0.05) is 36.8 Å². The normalized spacial score (nSPS) is 10.4. The molecule has 0 aliphatic heterocycles. The summed E-state index contributed by atoms with van der Waals surface area (Å²) in [5.41, 5.74) is 8.55. The standard InChI is InChI=1S/C18H18N6O2S/c1-11(25)20-7-6-12-2-4-13(5-3-12)14-10-27-18(23-14)24-17(26)15-16(19)22-9-8-21-15/h2-5,8-10H,6-7H2,1H3,(H2,19,22)(H,20,25)(H,23,24,26). The van der Waals surface area contributed by atoms with E-state index >= 15 is 0 Å². The molecule has 0 aliphatic rings. The Bertz CT molecular complexity index is 954. The molecule has 4 N–H and O–H groups in total. The van der Waals surface area contributed by atoms with Gasteiger partial charge in [-0.05, 0) is 12.0 Å². The molecule has 0 unspecified atom stereocenters. The van der Waals surface area contributed by atoms with E-state index in [1.165, 1.54) is 30.7 Å². The lowest BCUT2D eigenvalue weighted by Gasteiger charge is -2.04. The van der Waals surface area contributed by atoms with Crippen LogP contribution in [0.5, 0.6) is 0 Å². The minimum absolute atomic E-state index is 0.0353. The maximum atomic E-state index is 12.2. The highest BCUT2D eigenvalue weighted by Gasteiger charge is 2.14. The number of nitrogens with zero attached hydrogens (tertiary/aromatic N) is 3. The summed E-state index contributed by atoms with van der Waals surface area (Å²) in [7, 11) is 0. The minimum Gasteiger partial charge on any atom is -0.382 e. The Balaban J connectivity index is 1.64. The van der Waals surface area contributed by atoms with E-state index < -0.39 is 5.91 Å². The number of carbonyl (C=O) groups is 2. The van der Waals surface area contributed by atoms with Crippen LogP contribution in [0.1, 0.15) is 23.0 Å². The van der Waals surface area contributed by atoms with Crippen LogP contribution in [0.25, 0.3) is 11.3 Å². The van der Waals surface area contributed by atoms with Crippen LogP contribution in [0.2, 0.25) is 0 Å². The van der Waals surface area contributed by atoms with Gasteiger partial charge in [-0.2, -0.15) is 0 Å². The van der Waals surface area contributed by atoms with E-state index in [2.05, 4.69) is 25.6 Å². The maximum absolute atomic E-state index is 12.2. The summed E-state index contributed by atoms with van der Waals surface area (Å²) in [5.74, 6) is -0.414. The van der Waals surface area contributed by atoms with Crippen molar-refractivity contribution in [3.63, 3.8) is 0 Å². The average molecular weight is 382 g/mol. The summed E-state index contributed by atoms with van der Waals surface area (Å²) >= 11 is 1.31. The number of nitrogens with one attached hydrogen (secondary N) is 2. The van der Waals surface area contributed by atoms with Gasteiger partial charge in [-0.15, -0.1) is 11.3 Å². The van der Waals surface area contributed by atoms with Crippen molar-refractivity contribution < 1.29 is 9.59 Å².